The Balaban J connectivity index is 1.91. The summed E-state index contributed by atoms with van der Waals surface area (Å²) in [4.78, 5) is 0. The molecule has 0 unspecified atom stereocenters. The van der Waals surface area contributed by atoms with E-state index in [-0.39, 0.29) is 0 Å². The number of hydrogen-bond donors (Lipinski definition) is 2. The molecule has 60 valence electrons. The topological polar surface area (TPSA) is 32.3 Å². The maximum Gasteiger partial charge on any atom is 0.0195 e. The largest absolute Gasteiger partial charge is 0.330 e. The van der Waals surface area contributed by atoms with Gasteiger partial charge in [0.25, 0.3) is 0 Å². The molecule has 1 aliphatic rings. The Hall–Kier alpha value is 0.270. The normalized spacial score (nSPS) is 25.5. The molecule has 0 aromatic carbocycles. The Kier molecular flexibility index (Phi) is 4.18. The van der Waals surface area contributed by atoms with Crippen molar-refractivity contribution in [1.82, 2.24) is 5.32 Å². The zero-order valence-corrected chi connectivity index (χ0v) is 6.99. The van der Waals surface area contributed by atoms with Crippen molar-refractivity contribution in [3.63, 3.8) is 0 Å². The van der Waals surface area contributed by atoms with Gasteiger partial charge in [-0.3, -0.25) is 0 Å². The van der Waals surface area contributed by atoms with E-state index in [2.05, 4.69) is 5.32 Å². The molecule has 0 aliphatic carbocycles. The third kappa shape index (κ3) is 2.90. The van der Waals surface area contributed by atoms with Crippen LogP contribution in [0.4, 0.5) is 0 Å². The van der Waals surface area contributed by atoms with Gasteiger partial charge < -0.3 is 9.87 Å². The molecule has 2 N–H and O–H groups in total. The lowest BCUT2D eigenvalue weighted by Crippen LogP contribution is -2.20. The summed E-state index contributed by atoms with van der Waals surface area (Å²) in [5.41, 5.74) is 0. The van der Waals surface area contributed by atoms with Gasteiger partial charge in [-0.1, -0.05) is 0 Å². The zero-order chi connectivity index (χ0) is 7.23. The van der Waals surface area contributed by atoms with Crippen LogP contribution in [0.1, 0.15) is 25.7 Å². The van der Waals surface area contributed by atoms with Crippen LogP contribution in [0, 0.1) is 0 Å². The fraction of sp³-hybridized carbons (Fsp3) is 1.00. The second kappa shape index (κ2) is 4.99. The second-order valence-corrected chi connectivity index (χ2v) is 3.44. The third-order valence-electron chi connectivity index (χ3n) is 1.95. The minimum Gasteiger partial charge on any atom is -0.330 e. The van der Waals surface area contributed by atoms with Crippen LogP contribution in [-0.4, -0.2) is 22.9 Å². The molecule has 1 aliphatic heterocycles. The SMILES string of the molecule is OSCCC[C@@H]1CCCN1. The Morgan fingerprint density at radius 1 is 1.60 bits per heavy atom. The van der Waals surface area contributed by atoms with Crippen LogP contribution in [0.25, 0.3) is 0 Å². The van der Waals surface area contributed by atoms with E-state index in [9.17, 15) is 0 Å². The molecule has 1 saturated heterocycles. The molecule has 0 saturated carbocycles. The summed E-state index contributed by atoms with van der Waals surface area (Å²) in [7, 11) is 0. The highest BCUT2D eigenvalue weighted by molar-refractivity contribution is 7.93. The van der Waals surface area contributed by atoms with Crippen LogP contribution in [0.5, 0.6) is 0 Å². The first-order chi connectivity index (χ1) is 4.93. The molecule has 0 radical (unpaired) electrons. The smallest absolute Gasteiger partial charge is 0.0195 e. The molecule has 1 heterocycles. The van der Waals surface area contributed by atoms with E-state index < -0.39 is 0 Å². The molecule has 2 nitrogen and oxygen atoms in total. The lowest BCUT2D eigenvalue weighted by molar-refractivity contribution is 0.550. The van der Waals surface area contributed by atoms with Gasteiger partial charge in [-0.15, -0.1) is 0 Å². The Bertz CT molecular complexity index is 83.7. The summed E-state index contributed by atoms with van der Waals surface area (Å²) in [6.45, 7) is 1.19. The van der Waals surface area contributed by atoms with Crippen molar-refractivity contribution in [1.29, 1.82) is 0 Å². The van der Waals surface area contributed by atoms with Crippen molar-refractivity contribution in [3.8, 4) is 0 Å². The van der Waals surface area contributed by atoms with Gasteiger partial charge in [-0.2, -0.15) is 0 Å². The summed E-state index contributed by atoms with van der Waals surface area (Å²) in [6.07, 6.45) is 5.03. The van der Waals surface area contributed by atoms with Crippen molar-refractivity contribution in [2.45, 2.75) is 31.7 Å². The lowest BCUT2D eigenvalue weighted by atomic mass is 10.1. The van der Waals surface area contributed by atoms with E-state index in [4.69, 9.17) is 4.55 Å². The Morgan fingerprint density at radius 3 is 3.10 bits per heavy atom. The fourth-order valence-corrected chi connectivity index (χ4v) is 1.69. The lowest BCUT2D eigenvalue weighted by Gasteiger charge is -2.07. The summed E-state index contributed by atoms with van der Waals surface area (Å²) in [5.74, 6) is 0.887. The summed E-state index contributed by atoms with van der Waals surface area (Å²) < 4.78 is 8.44. The van der Waals surface area contributed by atoms with Crippen molar-refractivity contribution >= 4 is 12.0 Å². The van der Waals surface area contributed by atoms with Gasteiger partial charge in [0.15, 0.2) is 0 Å². The molecule has 0 spiro atoms. The van der Waals surface area contributed by atoms with Crippen molar-refractivity contribution in [2.24, 2.45) is 0 Å². The van der Waals surface area contributed by atoms with Gasteiger partial charge in [-0.05, 0) is 44.3 Å². The van der Waals surface area contributed by atoms with E-state index in [0.29, 0.717) is 0 Å². The predicted octanol–water partition coefficient (Wildman–Crippen LogP) is 1.72. The van der Waals surface area contributed by atoms with Gasteiger partial charge in [-0.25, -0.2) is 0 Å². The second-order valence-electron chi connectivity index (χ2n) is 2.77. The first kappa shape index (κ1) is 8.37. The maximum atomic E-state index is 8.44. The van der Waals surface area contributed by atoms with Gasteiger partial charge in [0.1, 0.15) is 0 Å². The standard InChI is InChI=1S/C7H15NOS/c9-10-6-2-4-7-3-1-5-8-7/h7-9H,1-6H2/t7-/m0/s1. The maximum absolute atomic E-state index is 8.44. The van der Waals surface area contributed by atoms with Gasteiger partial charge >= 0.3 is 0 Å². The summed E-state index contributed by atoms with van der Waals surface area (Å²) in [6, 6.07) is 0.743. The van der Waals surface area contributed by atoms with E-state index >= 15 is 0 Å². The zero-order valence-electron chi connectivity index (χ0n) is 6.18. The summed E-state index contributed by atoms with van der Waals surface area (Å²) >= 11 is 0.957. The van der Waals surface area contributed by atoms with Crippen LogP contribution in [0.3, 0.4) is 0 Å². The molecule has 1 fully saturated rings. The molecular formula is C7H15NOS. The van der Waals surface area contributed by atoms with Crippen molar-refractivity contribution in [3.05, 3.63) is 0 Å². The molecule has 0 bridgehead atoms. The Morgan fingerprint density at radius 2 is 2.50 bits per heavy atom. The molecule has 10 heavy (non-hydrogen) atoms. The van der Waals surface area contributed by atoms with E-state index in [1.165, 1.54) is 25.8 Å². The quantitative estimate of drug-likeness (QED) is 0.486. The molecule has 0 aromatic heterocycles. The van der Waals surface area contributed by atoms with Crippen molar-refractivity contribution in [2.75, 3.05) is 12.3 Å². The van der Waals surface area contributed by atoms with Crippen molar-refractivity contribution < 1.29 is 4.55 Å². The fourth-order valence-electron chi connectivity index (χ4n) is 1.40. The number of nitrogens with one attached hydrogen (secondary N) is 1. The van der Waals surface area contributed by atoms with Gasteiger partial charge in [0, 0.05) is 11.8 Å². The summed E-state index contributed by atoms with van der Waals surface area (Å²) in [5, 5.41) is 3.42. The number of rotatable bonds is 4. The third-order valence-corrected chi connectivity index (χ3v) is 2.42. The highest BCUT2D eigenvalue weighted by atomic mass is 32.2. The molecule has 0 aromatic rings. The number of hydrogen-bond acceptors (Lipinski definition) is 3. The highest BCUT2D eigenvalue weighted by Crippen LogP contribution is 2.11. The molecule has 0 amide bonds. The first-order valence-corrected chi connectivity index (χ1v) is 4.87. The highest BCUT2D eigenvalue weighted by Gasteiger charge is 2.12. The van der Waals surface area contributed by atoms with Crippen LogP contribution < -0.4 is 5.32 Å². The average Bonchev–Trinajstić information content (AvgIpc) is 2.41. The molecular weight excluding hydrogens is 146 g/mol. The molecule has 3 heteroatoms. The minimum atomic E-state index is 0.743. The predicted molar refractivity (Wildman–Crippen MR) is 45.3 cm³/mol. The minimum absolute atomic E-state index is 0.743. The van der Waals surface area contributed by atoms with Crippen LogP contribution in [0.15, 0.2) is 0 Å². The van der Waals surface area contributed by atoms with Crippen LogP contribution in [-0.2, 0) is 0 Å². The molecule has 1 rings (SSSR count). The Labute approximate surface area is 66.6 Å². The first-order valence-electron chi connectivity index (χ1n) is 3.93. The van der Waals surface area contributed by atoms with Crippen LogP contribution in [0.2, 0.25) is 0 Å². The van der Waals surface area contributed by atoms with Gasteiger partial charge in [0.05, 0.1) is 0 Å². The van der Waals surface area contributed by atoms with E-state index in [1.807, 2.05) is 0 Å². The van der Waals surface area contributed by atoms with Crippen LogP contribution >= 0.6 is 12.0 Å². The van der Waals surface area contributed by atoms with Gasteiger partial charge in [0.2, 0.25) is 0 Å². The average molecular weight is 161 g/mol. The molecule has 1 atom stereocenters. The van der Waals surface area contributed by atoms with E-state index in [1.54, 1.807) is 0 Å². The van der Waals surface area contributed by atoms with E-state index in [0.717, 1.165) is 30.3 Å². The monoisotopic (exact) mass is 161 g/mol.